The van der Waals surface area contributed by atoms with E-state index in [9.17, 15) is 9.59 Å². The Kier molecular flexibility index (Phi) is 6.41. The van der Waals surface area contributed by atoms with Crippen molar-refractivity contribution in [2.45, 2.75) is 19.8 Å². The van der Waals surface area contributed by atoms with Crippen molar-refractivity contribution in [2.24, 2.45) is 0 Å². The van der Waals surface area contributed by atoms with Crippen molar-refractivity contribution in [1.82, 2.24) is 14.8 Å². The number of amides is 2. The summed E-state index contributed by atoms with van der Waals surface area (Å²) in [5, 5.41) is 0. The van der Waals surface area contributed by atoms with Gasteiger partial charge in [0.2, 0.25) is 5.91 Å². The largest absolute Gasteiger partial charge is 0.494 e. The van der Waals surface area contributed by atoms with E-state index in [0.717, 1.165) is 17.7 Å². The average molecular weight is 367 g/mol. The Morgan fingerprint density at radius 1 is 0.963 bits per heavy atom. The lowest BCUT2D eigenvalue weighted by Crippen LogP contribution is -2.38. The van der Waals surface area contributed by atoms with Gasteiger partial charge in [0.15, 0.2) is 0 Å². The third-order valence-electron chi connectivity index (χ3n) is 4.65. The standard InChI is InChI=1S/C21H25N3O3/c1-2-27-19-6-4-17(5-7-19)16-20(25)23-12-3-13-24(15-14-23)21(26)18-8-10-22-11-9-18/h4-11H,2-3,12-16H2,1H3. The highest BCUT2D eigenvalue weighted by molar-refractivity contribution is 5.94. The first-order valence-electron chi connectivity index (χ1n) is 9.36. The second kappa shape index (κ2) is 9.16. The van der Waals surface area contributed by atoms with Crippen LogP contribution in [0.2, 0.25) is 0 Å². The molecule has 1 aliphatic rings. The molecule has 0 radical (unpaired) electrons. The average Bonchev–Trinajstić information content (AvgIpc) is 2.96. The number of benzene rings is 1. The molecule has 1 aromatic heterocycles. The van der Waals surface area contributed by atoms with Crippen molar-refractivity contribution in [2.75, 3.05) is 32.8 Å². The van der Waals surface area contributed by atoms with Gasteiger partial charge in [-0.25, -0.2) is 0 Å². The van der Waals surface area contributed by atoms with Crippen LogP contribution in [0.5, 0.6) is 5.75 Å². The van der Waals surface area contributed by atoms with Gasteiger partial charge < -0.3 is 14.5 Å². The molecule has 142 valence electrons. The first-order valence-corrected chi connectivity index (χ1v) is 9.36. The fraction of sp³-hybridized carbons (Fsp3) is 0.381. The van der Waals surface area contributed by atoms with Crippen LogP contribution in [0.1, 0.15) is 29.3 Å². The maximum Gasteiger partial charge on any atom is 0.254 e. The summed E-state index contributed by atoms with van der Waals surface area (Å²) in [6, 6.07) is 11.1. The molecule has 1 aromatic carbocycles. The van der Waals surface area contributed by atoms with Crippen LogP contribution in [0, 0.1) is 0 Å². The van der Waals surface area contributed by atoms with Gasteiger partial charge in [-0.05, 0) is 43.2 Å². The highest BCUT2D eigenvalue weighted by atomic mass is 16.5. The number of carbonyl (C=O) groups excluding carboxylic acids is 2. The third-order valence-corrected chi connectivity index (χ3v) is 4.65. The monoisotopic (exact) mass is 367 g/mol. The van der Waals surface area contributed by atoms with Crippen molar-refractivity contribution < 1.29 is 14.3 Å². The number of hydrogen-bond donors (Lipinski definition) is 0. The summed E-state index contributed by atoms with van der Waals surface area (Å²) >= 11 is 0. The minimum atomic E-state index is -0.00166. The molecule has 1 fully saturated rings. The fourth-order valence-corrected chi connectivity index (χ4v) is 3.20. The minimum absolute atomic E-state index is 0.00166. The molecule has 3 rings (SSSR count). The van der Waals surface area contributed by atoms with Crippen molar-refractivity contribution in [1.29, 1.82) is 0 Å². The number of aromatic nitrogens is 1. The molecule has 6 nitrogen and oxygen atoms in total. The molecule has 2 amide bonds. The maximum absolute atomic E-state index is 12.7. The lowest BCUT2D eigenvalue weighted by molar-refractivity contribution is -0.130. The van der Waals surface area contributed by atoms with Crippen molar-refractivity contribution in [3.8, 4) is 5.75 Å². The van der Waals surface area contributed by atoms with Gasteiger partial charge >= 0.3 is 0 Å². The lowest BCUT2D eigenvalue weighted by Gasteiger charge is -2.22. The van der Waals surface area contributed by atoms with Gasteiger partial charge in [0.25, 0.3) is 5.91 Å². The van der Waals surface area contributed by atoms with Gasteiger partial charge in [0.05, 0.1) is 13.0 Å². The van der Waals surface area contributed by atoms with Crippen LogP contribution >= 0.6 is 0 Å². The normalized spacial score (nSPS) is 14.6. The van der Waals surface area contributed by atoms with E-state index < -0.39 is 0 Å². The Morgan fingerprint density at radius 2 is 1.63 bits per heavy atom. The predicted octanol–water partition coefficient (Wildman–Crippen LogP) is 2.40. The van der Waals surface area contributed by atoms with Crippen LogP contribution in [-0.4, -0.2) is 59.4 Å². The number of pyridine rings is 1. The molecular formula is C21H25N3O3. The first-order chi connectivity index (χ1) is 13.2. The summed E-state index contributed by atoms with van der Waals surface area (Å²) in [6.45, 7) is 5.02. The molecule has 0 saturated carbocycles. The molecule has 2 heterocycles. The summed E-state index contributed by atoms with van der Waals surface area (Å²) in [5.74, 6) is 0.907. The van der Waals surface area contributed by atoms with E-state index in [0.29, 0.717) is 44.8 Å². The van der Waals surface area contributed by atoms with Crippen LogP contribution in [-0.2, 0) is 11.2 Å². The van der Waals surface area contributed by atoms with E-state index in [2.05, 4.69) is 4.98 Å². The Labute approximate surface area is 159 Å². The predicted molar refractivity (Wildman–Crippen MR) is 103 cm³/mol. The molecule has 1 aliphatic heterocycles. The zero-order chi connectivity index (χ0) is 19.1. The zero-order valence-corrected chi connectivity index (χ0v) is 15.6. The number of rotatable bonds is 5. The molecule has 27 heavy (non-hydrogen) atoms. The topological polar surface area (TPSA) is 62.7 Å². The van der Waals surface area contributed by atoms with Gasteiger partial charge in [-0.2, -0.15) is 0 Å². The maximum atomic E-state index is 12.7. The van der Waals surface area contributed by atoms with Crippen LogP contribution in [0.3, 0.4) is 0 Å². The van der Waals surface area contributed by atoms with Crippen molar-refractivity contribution >= 4 is 11.8 Å². The minimum Gasteiger partial charge on any atom is -0.494 e. The Morgan fingerprint density at radius 3 is 2.33 bits per heavy atom. The third kappa shape index (κ3) is 5.06. The summed E-state index contributed by atoms with van der Waals surface area (Å²) in [6.07, 6.45) is 4.39. The van der Waals surface area contributed by atoms with E-state index in [1.54, 1.807) is 24.5 Å². The van der Waals surface area contributed by atoms with E-state index in [-0.39, 0.29) is 11.8 Å². The molecule has 0 bridgehead atoms. The summed E-state index contributed by atoms with van der Waals surface area (Å²) < 4.78 is 5.43. The smallest absolute Gasteiger partial charge is 0.254 e. The highest BCUT2D eigenvalue weighted by Crippen LogP contribution is 2.14. The second-order valence-electron chi connectivity index (χ2n) is 6.52. The van der Waals surface area contributed by atoms with Gasteiger partial charge in [0.1, 0.15) is 5.75 Å². The molecule has 0 spiro atoms. The number of hydrogen-bond acceptors (Lipinski definition) is 4. The first kappa shape index (κ1) is 18.9. The van der Waals surface area contributed by atoms with Gasteiger partial charge in [-0.1, -0.05) is 12.1 Å². The molecule has 0 atom stereocenters. The zero-order valence-electron chi connectivity index (χ0n) is 15.6. The van der Waals surface area contributed by atoms with Crippen LogP contribution in [0.25, 0.3) is 0 Å². The SMILES string of the molecule is CCOc1ccc(CC(=O)N2CCCN(C(=O)c3ccncc3)CC2)cc1. The number of carbonyl (C=O) groups is 2. The molecular weight excluding hydrogens is 342 g/mol. The molecule has 0 unspecified atom stereocenters. The Balaban J connectivity index is 1.55. The second-order valence-corrected chi connectivity index (χ2v) is 6.52. The van der Waals surface area contributed by atoms with Crippen LogP contribution < -0.4 is 4.74 Å². The Hall–Kier alpha value is -2.89. The molecule has 6 heteroatoms. The molecule has 2 aromatic rings. The van der Waals surface area contributed by atoms with Gasteiger partial charge in [0, 0.05) is 44.1 Å². The molecule has 1 saturated heterocycles. The lowest BCUT2D eigenvalue weighted by atomic mass is 10.1. The van der Waals surface area contributed by atoms with Crippen LogP contribution in [0.4, 0.5) is 0 Å². The summed E-state index contributed by atoms with van der Waals surface area (Å²) in [7, 11) is 0. The Bertz CT molecular complexity index is 762. The van der Waals surface area contributed by atoms with Gasteiger partial charge in [-0.15, -0.1) is 0 Å². The molecule has 0 aliphatic carbocycles. The van der Waals surface area contributed by atoms with E-state index in [1.165, 1.54) is 0 Å². The number of ether oxygens (including phenoxy) is 1. The van der Waals surface area contributed by atoms with Gasteiger partial charge in [-0.3, -0.25) is 14.6 Å². The number of nitrogens with zero attached hydrogens (tertiary/aromatic N) is 3. The summed E-state index contributed by atoms with van der Waals surface area (Å²) in [4.78, 5) is 32.9. The van der Waals surface area contributed by atoms with Crippen molar-refractivity contribution in [3.05, 3.63) is 59.9 Å². The van der Waals surface area contributed by atoms with E-state index >= 15 is 0 Å². The molecule has 0 N–H and O–H groups in total. The van der Waals surface area contributed by atoms with Crippen LogP contribution in [0.15, 0.2) is 48.8 Å². The fourth-order valence-electron chi connectivity index (χ4n) is 3.20. The summed E-state index contributed by atoms with van der Waals surface area (Å²) in [5.41, 5.74) is 1.61. The van der Waals surface area contributed by atoms with E-state index in [4.69, 9.17) is 4.74 Å². The van der Waals surface area contributed by atoms with E-state index in [1.807, 2.05) is 41.0 Å². The highest BCUT2D eigenvalue weighted by Gasteiger charge is 2.22. The van der Waals surface area contributed by atoms with Crippen molar-refractivity contribution in [3.63, 3.8) is 0 Å². The quantitative estimate of drug-likeness (QED) is 0.814.